The van der Waals surface area contributed by atoms with Gasteiger partial charge in [0.15, 0.2) is 11.5 Å². The SMILES string of the molecule is COc1ccc(CN(C)CC(=O)NCc2ccc(Cl)cc2)cc1OC. The first-order chi connectivity index (χ1) is 12.0. The molecule has 6 heteroatoms. The predicted molar refractivity (Wildman–Crippen MR) is 99.2 cm³/mol. The zero-order chi connectivity index (χ0) is 18.2. The Bertz CT molecular complexity index is 704. The summed E-state index contributed by atoms with van der Waals surface area (Å²) in [6.07, 6.45) is 0. The summed E-state index contributed by atoms with van der Waals surface area (Å²) in [7, 11) is 5.11. The van der Waals surface area contributed by atoms with Gasteiger partial charge in [-0.25, -0.2) is 0 Å². The molecule has 0 aliphatic carbocycles. The fourth-order valence-corrected chi connectivity index (χ4v) is 2.58. The fourth-order valence-electron chi connectivity index (χ4n) is 2.45. The lowest BCUT2D eigenvalue weighted by molar-refractivity contribution is -0.122. The summed E-state index contributed by atoms with van der Waals surface area (Å²) in [4.78, 5) is 14.0. The van der Waals surface area contributed by atoms with Gasteiger partial charge in [0.2, 0.25) is 5.91 Å². The molecule has 0 heterocycles. The molecule has 2 aromatic rings. The summed E-state index contributed by atoms with van der Waals surface area (Å²) in [6, 6.07) is 13.2. The first kappa shape index (κ1) is 19.1. The van der Waals surface area contributed by atoms with Gasteiger partial charge in [-0.2, -0.15) is 0 Å². The number of ether oxygens (including phenoxy) is 2. The van der Waals surface area contributed by atoms with Crippen LogP contribution in [0.4, 0.5) is 0 Å². The van der Waals surface area contributed by atoms with Gasteiger partial charge >= 0.3 is 0 Å². The Morgan fingerprint density at radius 2 is 1.68 bits per heavy atom. The van der Waals surface area contributed by atoms with E-state index in [2.05, 4.69) is 5.32 Å². The second kappa shape index (κ2) is 9.30. The summed E-state index contributed by atoms with van der Waals surface area (Å²) in [6.45, 7) is 1.43. The van der Waals surface area contributed by atoms with E-state index in [-0.39, 0.29) is 5.91 Å². The molecule has 0 aliphatic rings. The molecule has 0 saturated heterocycles. The molecule has 2 rings (SSSR count). The number of rotatable bonds is 8. The van der Waals surface area contributed by atoms with Gasteiger partial charge in [0.05, 0.1) is 20.8 Å². The molecule has 0 unspecified atom stereocenters. The quantitative estimate of drug-likeness (QED) is 0.784. The van der Waals surface area contributed by atoms with E-state index >= 15 is 0 Å². The smallest absolute Gasteiger partial charge is 0.234 e. The average Bonchev–Trinajstić information content (AvgIpc) is 2.61. The first-order valence-corrected chi connectivity index (χ1v) is 8.30. The topological polar surface area (TPSA) is 50.8 Å². The van der Waals surface area contributed by atoms with E-state index in [0.29, 0.717) is 36.2 Å². The number of halogens is 1. The van der Waals surface area contributed by atoms with Crippen molar-refractivity contribution in [3.63, 3.8) is 0 Å². The minimum atomic E-state index is -0.0297. The Morgan fingerprint density at radius 1 is 1.04 bits per heavy atom. The highest BCUT2D eigenvalue weighted by molar-refractivity contribution is 6.30. The Kier molecular flexibility index (Phi) is 7.10. The maximum absolute atomic E-state index is 12.1. The molecule has 0 spiro atoms. The number of carbonyl (C=O) groups is 1. The summed E-state index contributed by atoms with van der Waals surface area (Å²) < 4.78 is 10.5. The van der Waals surface area contributed by atoms with Crippen LogP contribution in [0.5, 0.6) is 11.5 Å². The third-order valence-corrected chi connectivity index (χ3v) is 3.97. The fraction of sp³-hybridized carbons (Fsp3) is 0.316. The van der Waals surface area contributed by atoms with Crippen molar-refractivity contribution in [2.45, 2.75) is 13.1 Å². The molecule has 0 saturated carbocycles. The van der Waals surface area contributed by atoms with Crippen molar-refractivity contribution in [2.75, 3.05) is 27.8 Å². The van der Waals surface area contributed by atoms with Gasteiger partial charge in [-0.05, 0) is 42.4 Å². The van der Waals surface area contributed by atoms with Crippen molar-refractivity contribution >= 4 is 17.5 Å². The van der Waals surface area contributed by atoms with Gasteiger partial charge in [-0.3, -0.25) is 9.69 Å². The van der Waals surface area contributed by atoms with E-state index in [1.54, 1.807) is 14.2 Å². The average molecular weight is 363 g/mol. The molecule has 0 aliphatic heterocycles. The van der Waals surface area contributed by atoms with Crippen molar-refractivity contribution in [3.05, 3.63) is 58.6 Å². The Morgan fingerprint density at radius 3 is 2.32 bits per heavy atom. The Hall–Kier alpha value is -2.24. The third kappa shape index (κ3) is 5.96. The molecular weight excluding hydrogens is 340 g/mol. The second-order valence-electron chi connectivity index (χ2n) is 5.76. The van der Waals surface area contributed by atoms with Crippen molar-refractivity contribution in [1.82, 2.24) is 10.2 Å². The number of amides is 1. The van der Waals surface area contributed by atoms with Gasteiger partial charge in [-0.1, -0.05) is 29.8 Å². The molecule has 1 amide bonds. The van der Waals surface area contributed by atoms with E-state index in [1.165, 1.54) is 0 Å². The summed E-state index contributed by atoms with van der Waals surface area (Å²) in [5.74, 6) is 1.34. The largest absolute Gasteiger partial charge is 0.493 e. The van der Waals surface area contributed by atoms with Crippen LogP contribution in [0.15, 0.2) is 42.5 Å². The minimum absolute atomic E-state index is 0.0297. The molecule has 2 aromatic carbocycles. The van der Waals surface area contributed by atoms with E-state index in [9.17, 15) is 4.79 Å². The molecular formula is C19H23ClN2O3. The van der Waals surface area contributed by atoms with Crippen LogP contribution in [0.2, 0.25) is 5.02 Å². The minimum Gasteiger partial charge on any atom is -0.493 e. The van der Waals surface area contributed by atoms with Crippen LogP contribution in [0.1, 0.15) is 11.1 Å². The van der Waals surface area contributed by atoms with E-state index < -0.39 is 0 Å². The molecule has 0 aromatic heterocycles. The molecule has 0 radical (unpaired) electrons. The molecule has 5 nitrogen and oxygen atoms in total. The zero-order valence-corrected chi connectivity index (χ0v) is 15.5. The maximum Gasteiger partial charge on any atom is 0.234 e. The number of benzene rings is 2. The number of nitrogens with one attached hydrogen (secondary N) is 1. The van der Waals surface area contributed by atoms with Crippen LogP contribution in [0.25, 0.3) is 0 Å². The molecule has 25 heavy (non-hydrogen) atoms. The number of nitrogens with zero attached hydrogens (tertiary/aromatic N) is 1. The number of hydrogen-bond acceptors (Lipinski definition) is 4. The summed E-state index contributed by atoms with van der Waals surface area (Å²) in [5.41, 5.74) is 2.06. The maximum atomic E-state index is 12.1. The van der Waals surface area contributed by atoms with E-state index in [1.807, 2.05) is 54.4 Å². The highest BCUT2D eigenvalue weighted by atomic mass is 35.5. The van der Waals surface area contributed by atoms with Gasteiger partial charge in [0.1, 0.15) is 0 Å². The van der Waals surface area contributed by atoms with Gasteiger partial charge in [-0.15, -0.1) is 0 Å². The van der Waals surface area contributed by atoms with Crippen LogP contribution in [0, 0.1) is 0 Å². The van der Waals surface area contributed by atoms with Crippen LogP contribution in [0.3, 0.4) is 0 Å². The zero-order valence-electron chi connectivity index (χ0n) is 14.7. The molecule has 1 N–H and O–H groups in total. The number of likely N-dealkylation sites (N-methyl/N-ethyl adjacent to an activating group) is 1. The lowest BCUT2D eigenvalue weighted by Gasteiger charge is -2.17. The number of methoxy groups -OCH3 is 2. The van der Waals surface area contributed by atoms with Crippen LogP contribution in [-0.4, -0.2) is 38.6 Å². The number of hydrogen-bond donors (Lipinski definition) is 1. The number of carbonyl (C=O) groups excluding carboxylic acids is 1. The van der Waals surface area contributed by atoms with Crippen LogP contribution < -0.4 is 14.8 Å². The highest BCUT2D eigenvalue weighted by Crippen LogP contribution is 2.27. The van der Waals surface area contributed by atoms with E-state index in [4.69, 9.17) is 21.1 Å². The molecule has 134 valence electrons. The Balaban J connectivity index is 1.83. The van der Waals surface area contributed by atoms with Gasteiger partial charge < -0.3 is 14.8 Å². The summed E-state index contributed by atoms with van der Waals surface area (Å²) in [5, 5.41) is 3.59. The van der Waals surface area contributed by atoms with E-state index in [0.717, 1.165) is 11.1 Å². The normalized spacial score (nSPS) is 10.6. The lowest BCUT2D eigenvalue weighted by atomic mass is 10.2. The summed E-state index contributed by atoms with van der Waals surface area (Å²) >= 11 is 5.85. The molecule has 0 atom stereocenters. The van der Waals surface area contributed by atoms with Crippen molar-refractivity contribution in [1.29, 1.82) is 0 Å². The van der Waals surface area contributed by atoms with Gasteiger partial charge in [0, 0.05) is 18.1 Å². The van der Waals surface area contributed by atoms with Crippen molar-refractivity contribution in [3.8, 4) is 11.5 Å². The van der Waals surface area contributed by atoms with Gasteiger partial charge in [0.25, 0.3) is 0 Å². The monoisotopic (exact) mass is 362 g/mol. The third-order valence-electron chi connectivity index (χ3n) is 3.72. The highest BCUT2D eigenvalue weighted by Gasteiger charge is 2.10. The van der Waals surface area contributed by atoms with Crippen LogP contribution in [-0.2, 0) is 17.9 Å². The predicted octanol–water partition coefficient (Wildman–Crippen LogP) is 3.11. The molecule has 0 fully saturated rings. The van der Waals surface area contributed by atoms with Crippen LogP contribution >= 0.6 is 11.6 Å². The standard InChI is InChI=1S/C19H23ClN2O3/c1-22(12-15-6-9-17(24-2)18(10-15)25-3)13-19(23)21-11-14-4-7-16(20)8-5-14/h4-10H,11-13H2,1-3H3,(H,21,23). The molecule has 0 bridgehead atoms. The lowest BCUT2D eigenvalue weighted by Crippen LogP contribution is -2.34. The van der Waals surface area contributed by atoms with Crippen molar-refractivity contribution in [2.24, 2.45) is 0 Å². The first-order valence-electron chi connectivity index (χ1n) is 7.92. The Labute approximate surface area is 153 Å². The second-order valence-corrected chi connectivity index (χ2v) is 6.20. The van der Waals surface area contributed by atoms with Crippen molar-refractivity contribution < 1.29 is 14.3 Å².